The predicted molar refractivity (Wildman–Crippen MR) is 101 cm³/mol. The fourth-order valence-corrected chi connectivity index (χ4v) is 3.61. The molecule has 0 aliphatic carbocycles. The molecule has 2 rings (SSSR count). The van der Waals surface area contributed by atoms with Crippen molar-refractivity contribution in [2.45, 2.75) is 31.7 Å². The smallest absolute Gasteiger partial charge is 0.405 e. The van der Waals surface area contributed by atoms with E-state index in [1.54, 1.807) is 4.90 Å². The number of carbonyl (C=O) groups excluding carboxylic acids is 1. The second kappa shape index (κ2) is 9.27. The third kappa shape index (κ3) is 6.20. The quantitative estimate of drug-likeness (QED) is 0.695. The lowest BCUT2D eigenvalue weighted by molar-refractivity contribution is -0.274. The van der Waals surface area contributed by atoms with Crippen LogP contribution in [-0.4, -0.2) is 38.7 Å². The molecule has 1 N–H and O–H groups in total. The number of nitrogens with one attached hydrogen (secondary N) is 1. The van der Waals surface area contributed by atoms with Crippen LogP contribution in [0.4, 0.5) is 13.2 Å². The van der Waals surface area contributed by atoms with Crippen LogP contribution >= 0.6 is 0 Å². The molecule has 0 unspecified atom stereocenters. The summed E-state index contributed by atoms with van der Waals surface area (Å²) in [5.74, 6) is -0.701. The lowest BCUT2D eigenvalue weighted by Gasteiger charge is -2.18. The van der Waals surface area contributed by atoms with Gasteiger partial charge in [-0.15, -0.1) is 13.2 Å². The standard InChI is InChI=1S/C19H21F3N2O4S/c1-3-24(4-2)18(25)14-9-11-16(12-10-14)29(26,27)23-13-15-7-5-6-8-17(15)28-19(20,21)22/h5-12,23H,3-4,13H2,1-2H3. The molecule has 10 heteroatoms. The summed E-state index contributed by atoms with van der Waals surface area (Å²) in [5.41, 5.74) is 0.373. The molecule has 1 amide bonds. The first-order chi connectivity index (χ1) is 13.6. The highest BCUT2D eigenvalue weighted by atomic mass is 32.2. The van der Waals surface area contributed by atoms with Crippen molar-refractivity contribution in [3.05, 3.63) is 59.7 Å². The number of halogens is 3. The molecule has 0 fully saturated rings. The van der Waals surface area contributed by atoms with Crippen LogP contribution in [0.25, 0.3) is 0 Å². The molecule has 0 aliphatic rings. The number of benzene rings is 2. The van der Waals surface area contributed by atoms with Crippen LogP contribution in [-0.2, 0) is 16.6 Å². The van der Waals surface area contributed by atoms with E-state index in [4.69, 9.17) is 0 Å². The Hall–Kier alpha value is -2.59. The van der Waals surface area contributed by atoms with E-state index in [1.165, 1.54) is 42.5 Å². The molecule has 2 aromatic carbocycles. The molecule has 0 saturated heterocycles. The van der Waals surface area contributed by atoms with Gasteiger partial charge in [-0.25, -0.2) is 13.1 Å². The Kier molecular flexibility index (Phi) is 7.26. The minimum atomic E-state index is -4.89. The Morgan fingerprint density at radius 1 is 1.03 bits per heavy atom. The van der Waals surface area contributed by atoms with Gasteiger partial charge in [0.1, 0.15) is 5.75 Å². The summed E-state index contributed by atoms with van der Waals surface area (Å²) in [4.78, 5) is 13.8. The summed E-state index contributed by atoms with van der Waals surface area (Å²) in [6.45, 7) is 4.33. The van der Waals surface area contributed by atoms with Gasteiger partial charge in [0, 0.05) is 30.8 Å². The third-order valence-electron chi connectivity index (χ3n) is 4.11. The molecular formula is C19H21F3N2O4S. The fraction of sp³-hybridized carbons (Fsp3) is 0.316. The van der Waals surface area contributed by atoms with Crippen LogP contribution in [0.3, 0.4) is 0 Å². The molecule has 2 aromatic rings. The number of carbonyl (C=O) groups is 1. The number of alkyl halides is 3. The second-order valence-electron chi connectivity index (χ2n) is 5.98. The maximum atomic E-state index is 12.5. The average molecular weight is 430 g/mol. The highest BCUT2D eigenvalue weighted by Gasteiger charge is 2.32. The van der Waals surface area contributed by atoms with Crippen LogP contribution in [0.1, 0.15) is 29.8 Å². The Labute approximate surface area is 167 Å². The molecule has 0 atom stereocenters. The van der Waals surface area contributed by atoms with E-state index in [2.05, 4.69) is 9.46 Å². The lowest BCUT2D eigenvalue weighted by Crippen LogP contribution is -2.30. The Morgan fingerprint density at radius 2 is 1.62 bits per heavy atom. The van der Waals surface area contributed by atoms with E-state index >= 15 is 0 Å². The monoisotopic (exact) mass is 430 g/mol. The molecule has 0 aliphatic heterocycles. The maximum Gasteiger partial charge on any atom is 0.573 e. The molecule has 29 heavy (non-hydrogen) atoms. The minimum absolute atomic E-state index is 0.0294. The SMILES string of the molecule is CCN(CC)C(=O)c1ccc(S(=O)(=O)NCc2ccccc2OC(F)(F)F)cc1. The molecule has 0 bridgehead atoms. The topological polar surface area (TPSA) is 75.7 Å². The van der Waals surface area contributed by atoms with Crippen LogP contribution < -0.4 is 9.46 Å². The van der Waals surface area contributed by atoms with E-state index in [0.717, 1.165) is 6.07 Å². The Balaban J connectivity index is 2.14. The highest BCUT2D eigenvalue weighted by molar-refractivity contribution is 7.89. The average Bonchev–Trinajstić information content (AvgIpc) is 2.67. The highest BCUT2D eigenvalue weighted by Crippen LogP contribution is 2.26. The van der Waals surface area contributed by atoms with Crippen molar-refractivity contribution in [1.82, 2.24) is 9.62 Å². The molecule has 0 saturated carbocycles. The minimum Gasteiger partial charge on any atom is -0.405 e. The number of rotatable bonds is 8. The number of ether oxygens (including phenoxy) is 1. The molecule has 0 radical (unpaired) electrons. The van der Waals surface area contributed by atoms with Crippen molar-refractivity contribution in [2.24, 2.45) is 0 Å². The number of hydrogen-bond acceptors (Lipinski definition) is 4. The largest absolute Gasteiger partial charge is 0.573 e. The first kappa shape index (κ1) is 22.7. The molecule has 6 nitrogen and oxygen atoms in total. The van der Waals surface area contributed by atoms with Gasteiger partial charge in [0.25, 0.3) is 5.91 Å². The Morgan fingerprint density at radius 3 is 2.17 bits per heavy atom. The van der Waals surface area contributed by atoms with Crippen molar-refractivity contribution in [3.8, 4) is 5.75 Å². The first-order valence-corrected chi connectivity index (χ1v) is 10.3. The summed E-state index contributed by atoms with van der Waals surface area (Å²) in [6, 6.07) is 10.6. The number of sulfonamides is 1. The molecule has 0 aromatic heterocycles. The van der Waals surface area contributed by atoms with Gasteiger partial charge in [0.15, 0.2) is 0 Å². The van der Waals surface area contributed by atoms with Gasteiger partial charge >= 0.3 is 6.36 Å². The predicted octanol–water partition coefficient (Wildman–Crippen LogP) is 3.55. The van der Waals surface area contributed by atoms with E-state index in [0.29, 0.717) is 18.7 Å². The maximum absolute atomic E-state index is 12.5. The van der Waals surface area contributed by atoms with Crippen LogP contribution in [0.2, 0.25) is 0 Å². The van der Waals surface area contributed by atoms with E-state index in [-0.39, 0.29) is 16.4 Å². The first-order valence-electron chi connectivity index (χ1n) is 8.80. The number of nitrogens with zero attached hydrogens (tertiary/aromatic N) is 1. The van der Waals surface area contributed by atoms with Gasteiger partial charge in [-0.2, -0.15) is 0 Å². The zero-order chi connectivity index (χ0) is 21.7. The van der Waals surface area contributed by atoms with Gasteiger partial charge < -0.3 is 9.64 Å². The summed E-state index contributed by atoms with van der Waals surface area (Å²) in [5, 5.41) is 0. The summed E-state index contributed by atoms with van der Waals surface area (Å²) in [7, 11) is -4.00. The molecule has 0 heterocycles. The fourth-order valence-electron chi connectivity index (χ4n) is 2.60. The van der Waals surface area contributed by atoms with Crippen molar-refractivity contribution in [1.29, 1.82) is 0 Å². The summed E-state index contributed by atoms with van der Waals surface area (Å²) in [6.07, 6.45) is -4.89. The zero-order valence-corrected chi connectivity index (χ0v) is 16.7. The summed E-state index contributed by atoms with van der Waals surface area (Å²) < 4.78 is 68.5. The Bertz CT molecular complexity index is 941. The van der Waals surface area contributed by atoms with Gasteiger partial charge in [-0.05, 0) is 44.2 Å². The second-order valence-corrected chi connectivity index (χ2v) is 7.75. The van der Waals surface area contributed by atoms with Crippen molar-refractivity contribution < 1.29 is 31.1 Å². The number of para-hydroxylation sites is 1. The normalized spacial score (nSPS) is 11.9. The van der Waals surface area contributed by atoms with Gasteiger partial charge in [0.2, 0.25) is 10.0 Å². The van der Waals surface area contributed by atoms with Crippen LogP contribution in [0.5, 0.6) is 5.75 Å². The molecule has 158 valence electrons. The zero-order valence-electron chi connectivity index (χ0n) is 15.9. The van der Waals surface area contributed by atoms with Crippen molar-refractivity contribution >= 4 is 15.9 Å². The van der Waals surface area contributed by atoms with Crippen LogP contribution in [0.15, 0.2) is 53.4 Å². The van der Waals surface area contributed by atoms with Crippen LogP contribution in [0, 0.1) is 0 Å². The van der Waals surface area contributed by atoms with Gasteiger partial charge in [0.05, 0.1) is 4.90 Å². The van der Waals surface area contributed by atoms with Crippen molar-refractivity contribution in [3.63, 3.8) is 0 Å². The van der Waals surface area contributed by atoms with E-state index in [1.807, 2.05) is 13.8 Å². The molecular weight excluding hydrogens is 409 g/mol. The number of amides is 1. The third-order valence-corrected chi connectivity index (χ3v) is 5.53. The van der Waals surface area contributed by atoms with Crippen molar-refractivity contribution in [2.75, 3.05) is 13.1 Å². The summed E-state index contributed by atoms with van der Waals surface area (Å²) >= 11 is 0. The lowest BCUT2D eigenvalue weighted by atomic mass is 10.2. The van der Waals surface area contributed by atoms with E-state index in [9.17, 15) is 26.4 Å². The molecule has 0 spiro atoms. The van der Waals surface area contributed by atoms with Gasteiger partial charge in [-0.1, -0.05) is 18.2 Å². The number of hydrogen-bond donors (Lipinski definition) is 1. The van der Waals surface area contributed by atoms with E-state index < -0.39 is 28.7 Å². The van der Waals surface area contributed by atoms with Gasteiger partial charge in [-0.3, -0.25) is 4.79 Å².